The summed E-state index contributed by atoms with van der Waals surface area (Å²) in [6.07, 6.45) is 0.231. The molecule has 21 heavy (non-hydrogen) atoms. The molecule has 1 heterocycles. The van der Waals surface area contributed by atoms with Crippen molar-refractivity contribution in [3.8, 4) is 11.5 Å². The number of carboxylic acid groups (broad SMARTS) is 1. The fourth-order valence-corrected chi connectivity index (χ4v) is 2.11. The van der Waals surface area contributed by atoms with Gasteiger partial charge in [-0.15, -0.1) is 0 Å². The topological polar surface area (TPSA) is 94.1 Å². The Morgan fingerprint density at radius 2 is 1.86 bits per heavy atom. The first-order valence-corrected chi connectivity index (χ1v) is 6.37. The number of carboxylic acids is 1. The van der Waals surface area contributed by atoms with Crippen molar-refractivity contribution >= 4 is 11.9 Å². The summed E-state index contributed by atoms with van der Waals surface area (Å²) < 4.78 is 15.3. The van der Waals surface area contributed by atoms with Crippen LogP contribution in [0.5, 0.6) is 11.5 Å². The zero-order chi connectivity index (χ0) is 15.5. The Morgan fingerprint density at radius 3 is 2.29 bits per heavy atom. The largest absolute Gasteiger partial charge is 0.497 e. The van der Waals surface area contributed by atoms with Crippen LogP contribution in [0.15, 0.2) is 18.2 Å². The molecule has 1 fully saturated rings. The zero-order valence-electron chi connectivity index (χ0n) is 11.8. The fourth-order valence-electron chi connectivity index (χ4n) is 2.11. The van der Waals surface area contributed by atoms with E-state index < -0.39 is 17.4 Å². The number of hydrogen-bond donors (Lipinski definition) is 2. The van der Waals surface area contributed by atoms with E-state index in [0.29, 0.717) is 18.1 Å². The summed E-state index contributed by atoms with van der Waals surface area (Å²) in [6.45, 7) is 0.253. The van der Waals surface area contributed by atoms with E-state index in [1.807, 2.05) is 0 Å². The van der Waals surface area contributed by atoms with Gasteiger partial charge in [0.25, 0.3) is 5.91 Å². The quantitative estimate of drug-likeness (QED) is 0.829. The number of carbonyl (C=O) groups excluding carboxylic acids is 1. The summed E-state index contributed by atoms with van der Waals surface area (Å²) in [5.41, 5.74) is -1.12. The molecule has 114 valence electrons. The van der Waals surface area contributed by atoms with Gasteiger partial charge in [-0.2, -0.15) is 0 Å². The Balaban J connectivity index is 2.25. The minimum atomic E-state index is -1.38. The van der Waals surface area contributed by atoms with Gasteiger partial charge in [-0.05, 0) is 12.1 Å². The highest BCUT2D eigenvalue weighted by Gasteiger charge is 2.44. The van der Waals surface area contributed by atoms with Crippen molar-refractivity contribution in [2.75, 3.05) is 27.4 Å². The third-order valence-electron chi connectivity index (χ3n) is 3.40. The third kappa shape index (κ3) is 3.08. The maximum atomic E-state index is 12.3. The third-order valence-corrected chi connectivity index (χ3v) is 3.40. The molecule has 1 aromatic carbocycles. The van der Waals surface area contributed by atoms with Crippen molar-refractivity contribution in [3.05, 3.63) is 23.8 Å². The molecule has 7 heteroatoms. The van der Waals surface area contributed by atoms with Gasteiger partial charge in [0.15, 0.2) is 5.54 Å². The standard InChI is InChI=1S/C14H17NO6/c1-19-10-5-9(6-11(7-10)20-2)12(16)15-14(13(17)18)3-4-21-8-14/h5-7H,3-4,8H2,1-2H3,(H,15,16)(H,17,18). The van der Waals surface area contributed by atoms with Crippen LogP contribution in [-0.2, 0) is 9.53 Å². The number of hydrogen-bond acceptors (Lipinski definition) is 5. The molecular formula is C14H17NO6. The Bertz CT molecular complexity index is 528. The molecule has 1 saturated heterocycles. The number of amides is 1. The van der Waals surface area contributed by atoms with Gasteiger partial charge < -0.3 is 24.6 Å². The normalized spacial score (nSPS) is 20.9. The minimum absolute atomic E-state index is 0.0465. The number of carbonyl (C=O) groups is 2. The van der Waals surface area contributed by atoms with Crippen molar-refractivity contribution in [1.29, 1.82) is 0 Å². The van der Waals surface area contributed by atoms with Gasteiger partial charge in [-0.25, -0.2) is 4.79 Å². The molecule has 0 aliphatic carbocycles. The molecule has 1 aliphatic rings. The molecule has 0 radical (unpaired) electrons. The smallest absolute Gasteiger partial charge is 0.331 e. The van der Waals surface area contributed by atoms with Crippen LogP contribution >= 0.6 is 0 Å². The van der Waals surface area contributed by atoms with E-state index in [4.69, 9.17) is 14.2 Å². The Kier molecular flexibility index (Phi) is 4.32. The van der Waals surface area contributed by atoms with Crippen molar-refractivity contribution in [2.24, 2.45) is 0 Å². The average Bonchev–Trinajstić information content (AvgIpc) is 2.96. The van der Waals surface area contributed by atoms with Crippen molar-refractivity contribution in [1.82, 2.24) is 5.32 Å². The van der Waals surface area contributed by atoms with Crippen molar-refractivity contribution in [2.45, 2.75) is 12.0 Å². The lowest BCUT2D eigenvalue weighted by atomic mass is 9.98. The molecule has 0 spiro atoms. The number of rotatable bonds is 5. The van der Waals surface area contributed by atoms with Gasteiger partial charge in [0.2, 0.25) is 0 Å². The maximum Gasteiger partial charge on any atom is 0.331 e. The number of methoxy groups -OCH3 is 2. The van der Waals surface area contributed by atoms with Crippen molar-refractivity contribution in [3.63, 3.8) is 0 Å². The first kappa shape index (κ1) is 15.1. The summed E-state index contributed by atoms with van der Waals surface area (Å²) in [5.74, 6) is -0.721. The van der Waals surface area contributed by atoms with Crippen LogP contribution in [0.2, 0.25) is 0 Å². The average molecular weight is 295 g/mol. The van der Waals surface area contributed by atoms with E-state index in [0.717, 1.165) is 0 Å². The Morgan fingerprint density at radius 1 is 1.24 bits per heavy atom. The predicted molar refractivity (Wildman–Crippen MR) is 72.8 cm³/mol. The second-order valence-electron chi connectivity index (χ2n) is 4.75. The first-order valence-electron chi connectivity index (χ1n) is 6.37. The van der Waals surface area contributed by atoms with Gasteiger partial charge in [-0.1, -0.05) is 0 Å². The fraction of sp³-hybridized carbons (Fsp3) is 0.429. The molecule has 1 unspecified atom stereocenters. The van der Waals surface area contributed by atoms with Gasteiger partial charge in [0.1, 0.15) is 11.5 Å². The molecule has 0 bridgehead atoms. The monoisotopic (exact) mass is 295 g/mol. The second kappa shape index (κ2) is 6.01. The van der Waals surface area contributed by atoms with E-state index in [9.17, 15) is 14.7 Å². The van der Waals surface area contributed by atoms with Gasteiger partial charge in [0, 0.05) is 24.7 Å². The summed E-state index contributed by atoms with van der Waals surface area (Å²) in [4.78, 5) is 23.7. The highest BCUT2D eigenvalue weighted by Crippen LogP contribution is 2.24. The molecule has 1 atom stereocenters. The zero-order valence-corrected chi connectivity index (χ0v) is 11.8. The van der Waals surface area contributed by atoms with Crippen LogP contribution < -0.4 is 14.8 Å². The SMILES string of the molecule is COc1cc(OC)cc(C(=O)NC2(C(=O)O)CCOC2)c1. The van der Waals surface area contributed by atoms with Gasteiger partial charge in [0.05, 0.1) is 20.8 Å². The van der Waals surface area contributed by atoms with Crippen LogP contribution in [0, 0.1) is 0 Å². The molecule has 2 N–H and O–H groups in total. The van der Waals surface area contributed by atoms with Crippen molar-refractivity contribution < 1.29 is 28.9 Å². The van der Waals surface area contributed by atoms with Gasteiger partial charge >= 0.3 is 5.97 Å². The Hall–Kier alpha value is -2.28. The van der Waals surface area contributed by atoms with E-state index in [1.165, 1.54) is 26.4 Å². The lowest BCUT2D eigenvalue weighted by Gasteiger charge is -2.23. The van der Waals surface area contributed by atoms with Crippen LogP contribution in [0.3, 0.4) is 0 Å². The van der Waals surface area contributed by atoms with Crippen LogP contribution in [0.1, 0.15) is 16.8 Å². The van der Waals surface area contributed by atoms with Crippen LogP contribution in [0.4, 0.5) is 0 Å². The highest BCUT2D eigenvalue weighted by atomic mass is 16.5. The Labute approximate surface area is 121 Å². The molecule has 7 nitrogen and oxygen atoms in total. The molecular weight excluding hydrogens is 278 g/mol. The van der Waals surface area contributed by atoms with E-state index in [1.54, 1.807) is 6.07 Å². The lowest BCUT2D eigenvalue weighted by molar-refractivity contribution is -0.144. The highest BCUT2D eigenvalue weighted by molar-refractivity contribution is 5.98. The molecule has 2 rings (SSSR count). The maximum absolute atomic E-state index is 12.3. The summed E-state index contributed by atoms with van der Waals surface area (Å²) in [5, 5.41) is 11.9. The summed E-state index contributed by atoms with van der Waals surface area (Å²) in [6, 6.07) is 4.66. The first-order chi connectivity index (χ1) is 10.0. The van der Waals surface area contributed by atoms with Gasteiger partial charge in [-0.3, -0.25) is 4.79 Å². The minimum Gasteiger partial charge on any atom is -0.497 e. The van der Waals surface area contributed by atoms with Crippen LogP contribution in [0.25, 0.3) is 0 Å². The van der Waals surface area contributed by atoms with Crippen LogP contribution in [-0.4, -0.2) is 50.0 Å². The summed E-state index contributed by atoms with van der Waals surface area (Å²) in [7, 11) is 2.94. The predicted octanol–water partition coefficient (Wildman–Crippen LogP) is 0.677. The second-order valence-corrected chi connectivity index (χ2v) is 4.75. The molecule has 1 aliphatic heterocycles. The summed E-state index contributed by atoms with van der Waals surface area (Å²) >= 11 is 0. The van der Waals surface area contributed by atoms with E-state index >= 15 is 0 Å². The lowest BCUT2D eigenvalue weighted by Crippen LogP contribution is -2.55. The van der Waals surface area contributed by atoms with E-state index in [-0.39, 0.29) is 18.6 Å². The molecule has 0 aromatic heterocycles. The van der Waals surface area contributed by atoms with E-state index in [2.05, 4.69) is 5.32 Å². The number of benzene rings is 1. The number of nitrogens with one attached hydrogen (secondary N) is 1. The number of aliphatic carboxylic acids is 1. The molecule has 1 aromatic rings. The molecule has 0 saturated carbocycles. The molecule has 1 amide bonds. The number of ether oxygens (including phenoxy) is 3.